The number of aliphatic imine (C=N–C) groups is 1. The summed E-state index contributed by atoms with van der Waals surface area (Å²) in [6, 6.07) is -0.262. The standard InChI is InChI=1S/C9H21N5O2/c1-11-7(8(15)14-16-3)5-4-6-13-9(10)12-2/h7,11H,4-6H2,1-3H3,(H,14,15)(H3,10,12,13)/t7-/m0/s1. The third-order valence-corrected chi connectivity index (χ3v) is 2.08. The molecule has 0 aliphatic heterocycles. The summed E-state index contributed by atoms with van der Waals surface area (Å²) >= 11 is 0. The highest BCUT2D eigenvalue weighted by Crippen LogP contribution is 1.96. The van der Waals surface area contributed by atoms with E-state index >= 15 is 0 Å². The van der Waals surface area contributed by atoms with Crippen LogP contribution in [0.4, 0.5) is 0 Å². The van der Waals surface area contributed by atoms with Gasteiger partial charge in [-0.1, -0.05) is 0 Å². The van der Waals surface area contributed by atoms with Crippen LogP contribution in [0, 0.1) is 0 Å². The molecule has 0 aromatic carbocycles. The Morgan fingerprint density at radius 1 is 1.56 bits per heavy atom. The predicted octanol–water partition coefficient (Wildman–Crippen LogP) is -1.43. The van der Waals surface area contributed by atoms with Gasteiger partial charge >= 0.3 is 0 Å². The second-order valence-electron chi connectivity index (χ2n) is 3.19. The monoisotopic (exact) mass is 231 g/mol. The molecule has 16 heavy (non-hydrogen) atoms. The van der Waals surface area contributed by atoms with E-state index in [1.807, 2.05) is 0 Å². The fraction of sp³-hybridized carbons (Fsp3) is 0.778. The van der Waals surface area contributed by atoms with Crippen molar-refractivity contribution in [3.05, 3.63) is 0 Å². The molecule has 0 spiro atoms. The van der Waals surface area contributed by atoms with Gasteiger partial charge in [-0.2, -0.15) is 0 Å². The molecular weight excluding hydrogens is 210 g/mol. The maximum absolute atomic E-state index is 11.4. The summed E-state index contributed by atoms with van der Waals surface area (Å²) in [6.45, 7) is 0.682. The second kappa shape index (κ2) is 8.93. The van der Waals surface area contributed by atoms with Crippen molar-refractivity contribution in [2.24, 2.45) is 10.7 Å². The van der Waals surface area contributed by atoms with Gasteiger partial charge in [-0.25, -0.2) is 5.48 Å². The molecule has 94 valence electrons. The Morgan fingerprint density at radius 3 is 2.75 bits per heavy atom. The lowest BCUT2D eigenvalue weighted by Gasteiger charge is -2.14. The molecule has 0 rings (SSSR count). The van der Waals surface area contributed by atoms with Crippen LogP contribution in [0.25, 0.3) is 0 Å². The normalized spacial score (nSPS) is 13.3. The van der Waals surface area contributed by atoms with Gasteiger partial charge in [0, 0.05) is 13.6 Å². The molecule has 0 fully saturated rings. The SMILES string of the molecule is CN=C(N)NCCC[C@H](NC)C(=O)NOC. The average molecular weight is 231 g/mol. The van der Waals surface area contributed by atoms with E-state index in [0.29, 0.717) is 18.9 Å². The molecule has 0 aromatic heterocycles. The van der Waals surface area contributed by atoms with Crippen molar-refractivity contribution < 1.29 is 9.63 Å². The number of hydrogen-bond acceptors (Lipinski definition) is 4. The lowest BCUT2D eigenvalue weighted by atomic mass is 10.1. The first-order valence-electron chi connectivity index (χ1n) is 5.12. The summed E-state index contributed by atoms with van der Waals surface area (Å²) in [7, 11) is 4.75. The van der Waals surface area contributed by atoms with Crippen molar-refractivity contribution in [1.82, 2.24) is 16.1 Å². The highest BCUT2D eigenvalue weighted by Gasteiger charge is 2.15. The minimum atomic E-state index is -0.262. The van der Waals surface area contributed by atoms with Crippen molar-refractivity contribution in [3.8, 4) is 0 Å². The van der Waals surface area contributed by atoms with Gasteiger partial charge in [0.25, 0.3) is 5.91 Å². The van der Waals surface area contributed by atoms with Crippen molar-refractivity contribution in [1.29, 1.82) is 0 Å². The number of nitrogens with two attached hydrogens (primary N) is 1. The number of nitrogens with one attached hydrogen (secondary N) is 3. The van der Waals surface area contributed by atoms with Gasteiger partial charge in [0.1, 0.15) is 0 Å². The molecule has 7 nitrogen and oxygen atoms in total. The zero-order valence-electron chi connectivity index (χ0n) is 10.0. The molecule has 0 aliphatic carbocycles. The fourth-order valence-electron chi connectivity index (χ4n) is 1.18. The minimum absolute atomic E-state index is 0.179. The molecule has 0 unspecified atom stereocenters. The Morgan fingerprint density at radius 2 is 2.25 bits per heavy atom. The summed E-state index contributed by atoms with van der Waals surface area (Å²) in [5.74, 6) is 0.226. The number of rotatable bonds is 7. The largest absolute Gasteiger partial charge is 0.370 e. The van der Waals surface area contributed by atoms with Crippen LogP contribution in [-0.4, -0.2) is 45.7 Å². The van der Waals surface area contributed by atoms with Crippen molar-refractivity contribution in [3.63, 3.8) is 0 Å². The van der Waals surface area contributed by atoms with Crippen LogP contribution in [0.2, 0.25) is 0 Å². The fourth-order valence-corrected chi connectivity index (χ4v) is 1.18. The van der Waals surface area contributed by atoms with Gasteiger partial charge in [-0.15, -0.1) is 0 Å². The summed E-state index contributed by atoms with van der Waals surface area (Å²) in [4.78, 5) is 19.7. The highest BCUT2D eigenvalue weighted by molar-refractivity contribution is 5.80. The Kier molecular flexibility index (Phi) is 8.18. The number of hydrogen-bond donors (Lipinski definition) is 4. The van der Waals surface area contributed by atoms with Gasteiger partial charge in [-0.3, -0.25) is 14.6 Å². The second-order valence-corrected chi connectivity index (χ2v) is 3.19. The molecule has 1 atom stereocenters. The molecule has 0 saturated carbocycles. The first kappa shape index (κ1) is 14.7. The molecule has 0 heterocycles. The summed E-state index contributed by atoms with van der Waals surface area (Å²) in [6.07, 6.45) is 1.49. The molecule has 0 aromatic rings. The van der Waals surface area contributed by atoms with Crippen LogP contribution in [0.3, 0.4) is 0 Å². The van der Waals surface area contributed by atoms with Gasteiger partial charge < -0.3 is 16.4 Å². The number of likely N-dealkylation sites (N-methyl/N-ethyl adjacent to an activating group) is 1. The van der Waals surface area contributed by atoms with Gasteiger partial charge in [-0.05, 0) is 19.9 Å². The molecule has 1 amide bonds. The lowest BCUT2D eigenvalue weighted by Crippen LogP contribution is -2.42. The van der Waals surface area contributed by atoms with E-state index in [1.54, 1.807) is 14.1 Å². The predicted molar refractivity (Wildman–Crippen MR) is 62.8 cm³/mol. The zero-order chi connectivity index (χ0) is 12.4. The van der Waals surface area contributed by atoms with Crippen LogP contribution in [0.15, 0.2) is 4.99 Å². The molecule has 7 heteroatoms. The number of hydroxylamine groups is 1. The van der Waals surface area contributed by atoms with Crippen LogP contribution < -0.4 is 21.8 Å². The summed E-state index contributed by atoms with van der Waals surface area (Å²) in [5, 5.41) is 5.83. The Balaban J connectivity index is 3.75. The van der Waals surface area contributed by atoms with Gasteiger partial charge in [0.15, 0.2) is 5.96 Å². The van der Waals surface area contributed by atoms with E-state index in [2.05, 4.69) is 25.9 Å². The topological polar surface area (TPSA) is 101 Å². The number of nitrogens with zero attached hydrogens (tertiary/aromatic N) is 1. The van der Waals surface area contributed by atoms with Gasteiger partial charge in [0.05, 0.1) is 13.2 Å². The van der Waals surface area contributed by atoms with Crippen LogP contribution in [0.5, 0.6) is 0 Å². The summed E-state index contributed by atoms with van der Waals surface area (Å²) in [5.41, 5.74) is 7.74. The van der Waals surface area contributed by atoms with E-state index in [9.17, 15) is 4.79 Å². The van der Waals surface area contributed by atoms with E-state index < -0.39 is 0 Å². The third kappa shape index (κ3) is 6.20. The van der Waals surface area contributed by atoms with Crippen LogP contribution in [-0.2, 0) is 9.63 Å². The quantitative estimate of drug-likeness (QED) is 0.186. The van der Waals surface area contributed by atoms with Gasteiger partial charge in [0.2, 0.25) is 0 Å². The van der Waals surface area contributed by atoms with Crippen molar-refractivity contribution in [2.45, 2.75) is 18.9 Å². The number of guanidine groups is 1. The van der Waals surface area contributed by atoms with Crippen molar-refractivity contribution >= 4 is 11.9 Å². The third-order valence-electron chi connectivity index (χ3n) is 2.08. The number of carbonyl (C=O) groups excluding carboxylic acids is 1. The smallest absolute Gasteiger partial charge is 0.260 e. The first-order chi connectivity index (χ1) is 7.65. The maximum Gasteiger partial charge on any atom is 0.260 e. The molecule has 0 radical (unpaired) electrons. The maximum atomic E-state index is 11.4. The molecular formula is C9H21N5O2. The van der Waals surface area contributed by atoms with E-state index in [-0.39, 0.29) is 11.9 Å². The first-order valence-corrected chi connectivity index (χ1v) is 5.12. The Hall–Kier alpha value is -1.34. The zero-order valence-corrected chi connectivity index (χ0v) is 10.0. The minimum Gasteiger partial charge on any atom is -0.370 e. The number of amides is 1. The molecule has 5 N–H and O–H groups in total. The van der Waals surface area contributed by atoms with E-state index in [4.69, 9.17) is 5.73 Å². The highest BCUT2D eigenvalue weighted by atomic mass is 16.6. The van der Waals surface area contributed by atoms with E-state index in [0.717, 1.165) is 6.42 Å². The van der Waals surface area contributed by atoms with Crippen LogP contribution >= 0.6 is 0 Å². The van der Waals surface area contributed by atoms with E-state index in [1.165, 1.54) is 7.11 Å². The summed E-state index contributed by atoms with van der Waals surface area (Å²) < 4.78 is 0. The Labute approximate surface area is 95.8 Å². The lowest BCUT2D eigenvalue weighted by molar-refractivity contribution is -0.133. The average Bonchev–Trinajstić information content (AvgIpc) is 2.29. The number of carbonyl (C=O) groups is 1. The molecule has 0 aliphatic rings. The molecule has 0 bridgehead atoms. The van der Waals surface area contributed by atoms with Crippen LogP contribution in [0.1, 0.15) is 12.8 Å². The molecule has 0 saturated heterocycles. The van der Waals surface area contributed by atoms with Crippen molar-refractivity contribution in [2.75, 3.05) is 27.7 Å². The Bertz CT molecular complexity index is 232.